The molecule has 1 amide bonds. The van der Waals surface area contributed by atoms with Crippen LogP contribution in [0.4, 0.5) is 0 Å². The first-order valence-corrected chi connectivity index (χ1v) is 10.6. The third-order valence-corrected chi connectivity index (χ3v) is 6.45. The number of likely N-dealkylation sites (tertiary alicyclic amines) is 1. The molecule has 2 heterocycles. The number of carbonyl (C=O) groups is 1. The number of piperidine rings is 1. The summed E-state index contributed by atoms with van der Waals surface area (Å²) in [4.78, 5) is 15.0. The summed E-state index contributed by atoms with van der Waals surface area (Å²) in [6.07, 6.45) is 5.73. The summed E-state index contributed by atoms with van der Waals surface area (Å²) in [5.41, 5.74) is 1.25. The molecule has 5 nitrogen and oxygen atoms in total. The van der Waals surface area contributed by atoms with Crippen LogP contribution in [0.1, 0.15) is 31.2 Å². The van der Waals surface area contributed by atoms with Gasteiger partial charge in [-0.15, -0.1) is 0 Å². The van der Waals surface area contributed by atoms with Gasteiger partial charge in [0.2, 0.25) is 15.9 Å². The fourth-order valence-corrected chi connectivity index (χ4v) is 4.82. The lowest BCUT2D eigenvalue weighted by Gasteiger charge is -2.34. The van der Waals surface area contributed by atoms with Crippen LogP contribution in [0.3, 0.4) is 0 Å². The van der Waals surface area contributed by atoms with E-state index in [2.05, 4.69) is 12.1 Å². The van der Waals surface area contributed by atoms with E-state index in [9.17, 15) is 13.2 Å². The molecule has 0 radical (unpaired) electrons. The van der Waals surface area contributed by atoms with E-state index in [4.69, 9.17) is 0 Å². The normalized spacial score (nSPS) is 25.8. The highest BCUT2D eigenvalue weighted by atomic mass is 32.2. The van der Waals surface area contributed by atoms with Crippen molar-refractivity contribution in [1.29, 1.82) is 0 Å². The van der Waals surface area contributed by atoms with E-state index in [1.54, 1.807) is 0 Å². The zero-order chi connectivity index (χ0) is 17.2. The Morgan fingerprint density at radius 3 is 2.54 bits per heavy atom. The minimum Gasteiger partial charge on any atom is -0.339 e. The lowest BCUT2D eigenvalue weighted by Crippen LogP contribution is -2.48. The van der Waals surface area contributed by atoms with E-state index in [1.807, 2.05) is 23.1 Å². The molecule has 2 aliphatic heterocycles. The van der Waals surface area contributed by atoms with E-state index < -0.39 is 10.0 Å². The predicted molar refractivity (Wildman–Crippen MR) is 94.0 cm³/mol. The highest BCUT2D eigenvalue weighted by Gasteiger charge is 2.36. The van der Waals surface area contributed by atoms with Crippen molar-refractivity contribution in [2.45, 2.75) is 38.1 Å². The smallest absolute Gasteiger partial charge is 0.227 e. The topological polar surface area (TPSA) is 57.7 Å². The third-order valence-electron chi connectivity index (χ3n) is 5.18. The van der Waals surface area contributed by atoms with Crippen LogP contribution in [0.2, 0.25) is 0 Å². The molecule has 6 heteroatoms. The van der Waals surface area contributed by atoms with Gasteiger partial charge < -0.3 is 4.90 Å². The number of amides is 1. The van der Waals surface area contributed by atoms with Gasteiger partial charge in [-0.3, -0.25) is 4.79 Å². The molecule has 3 rings (SSSR count). The van der Waals surface area contributed by atoms with Gasteiger partial charge in [0.05, 0.1) is 12.2 Å². The summed E-state index contributed by atoms with van der Waals surface area (Å²) < 4.78 is 25.0. The zero-order valence-corrected chi connectivity index (χ0v) is 15.0. The molecular weight excluding hydrogens is 324 g/mol. The maximum atomic E-state index is 13.0. The van der Waals surface area contributed by atoms with E-state index in [1.165, 1.54) is 16.1 Å². The largest absolute Gasteiger partial charge is 0.339 e. The molecule has 24 heavy (non-hydrogen) atoms. The van der Waals surface area contributed by atoms with E-state index in [0.717, 1.165) is 38.6 Å². The van der Waals surface area contributed by atoms with Crippen molar-refractivity contribution in [3.63, 3.8) is 0 Å². The lowest BCUT2D eigenvalue weighted by molar-refractivity contribution is -0.137. The highest BCUT2D eigenvalue weighted by Crippen LogP contribution is 2.27. The van der Waals surface area contributed by atoms with Crippen molar-refractivity contribution in [2.24, 2.45) is 5.92 Å². The summed E-state index contributed by atoms with van der Waals surface area (Å²) in [6.45, 7) is 1.67. The number of sulfonamides is 1. The van der Waals surface area contributed by atoms with Gasteiger partial charge in [-0.05, 0) is 37.7 Å². The quantitative estimate of drug-likeness (QED) is 0.833. The summed E-state index contributed by atoms with van der Waals surface area (Å²) in [6, 6.07) is 10.5. The molecule has 0 aromatic heterocycles. The number of hydrogen-bond donors (Lipinski definition) is 0. The van der Waals surface area contributed by atoms with E-state index >= 15 is 0 Å². The van der Waals surface area contributed by atoms with Crippen molar-refractivity contribution in [1.82, 2.24) is 9.21 Å². The molecule has 0 N–H and O–H groups in total. The number of benzene rings is 1. The van der Waals surface area contributed by atoms with Crippen LogP contribution in [-0.4, -0.2) is 55.5 Å². The molecule has 1 aromatic carbocycles. The molecule has 2 fully saturated rings. The number of rotatable bonds is 4. The number of nitrogens with zero attached hydrogens (tertiary/aromatic N) is 2. The van der Waals surface area contributed by atoms with Gasteiger partial charge in [0.25, 0.3) is 0 Å². The molecule has 1 aromatic rings. The first-order valence-electron chi connectivity index (χ1n) is 8.74. The predicted octanol–water partition coefficient (Wildman–Crippen LogP) is 1.89. The van der Waals surface area contributed by atoms with Crippen molar-refractivity contribution < 1.29 is 13.2 Å². The summed E-state index contributed by atoms with van der Waals surface area (Å²) >= 11 is 0. The van der Waals surface area contributed by atoms with Gasteiger partial charge in [-0.25, -0.2) is 12.7 Å². The van der Waals surface area contributed by atoms with Crippen LogP contribution in [0.25, 0.3) is 0 Å². The Hall–Kier alpha value is -1.40. The van der Waals surface area contributed by atoms with Crippen LogP contribution in [-0.2, 0) is 21.2 Å². The Labute approximate surface area is 144 Å². The average molecular weight is 350 g/mol. The number of carbonyl (C=O) groups excluding carboxylic acids is 1. The van der Waals surface area contributed by atoms with Crippen molar-refractivity contribution in [2.75, 3.05) is 25.9 Å². The SMILES string of the molecule is CS(=O)(=O)N1CCCC(C(=O)N2CCCC2Cc2ccccc2)C1. The molecule has 2 aliphatic rings. The third kappa shape index (κ3) is 3.98. The van der Waals surface area contributed by atoms with Crippen molar-refractivity contribution in [3.05, 3.63) is 35.9 Å². The standard InChI is InChI=1S/C18H26N2O3S/c1-24(22,23)19-11-5-9-16(14-19)18(21)20-12-6-10-17(20)13-15-7-3-2-4-8-15/h2-4,7-8,16-17H,5-6,9-14H2,1H3. The van der Waals surface area contributed by atoms with Gasteiger partial charge in [0.1, 0.15) is 0 Å². The van der Waals surface area contributed by atoms with Gasteiger partial charge in [0, 0.05) is 25.7 Å². The highest BCUT2D eigenvalue weighted by molar-refractivity contribution is 7.88. The molecule has 2 atom stereocenters. The Kier molecular flexibility index (Phi) is 5.25. The minimum absolute atomic E-state index is 0.141. The van der Waals surface area contributed by atoms with Crippen LogP contribution in [0, 0.1) is 5.92 Å². The molecular formula is C18H26N2O3S. The maximum Gasteiger partial charge on any atom is 0.227 e. The van der Waals surface area contributed by atoms with E-state index in [0.29, 0.717) is 13.1 Å². The fourth-order valence-electron chi connectivity index (χ4n) is 3.90. The van der Waals surface area contributed by atoms with Crippen LogP contribution >= 0.6 is 0 Å². The van der Waals surface area contributed by atoms with E-state index in [-0.39, 0.29) is 17.9 Å². The monoisotopic (exact) mass is 350 g/mol. The molecule has 2 saturated heterocycles. The molecule has 132 valence electrons. The summed E-state index contributed by atoms with van der Waals surface area (Å²) in [5.74, 6) is -0.0494. The number of hydrogen-bond acceptors (Lipinski definition) is 3. The molecule has 0 spiro atoms. The molecule has 0 aliphatic carbocycles. The van der Waals surface area contributed by atoms with Crippen LogP contribution in [0.5, 0.6) is 0 Å². The van der Waals surface area contributed by atoms with Gasteiger partial charge >= 0.3 is 0 Å². The Morgan fingerprint density at radius 2 is 1.83 bits per heavy atom. The zero-order valence-electron chi connectivity index (χ0n) is 14.2. The molecule has 2 unspecified atom stereocenters. The first kappa shape index (κ1) is 17.4. The van der Waals surface area contributed by atoms with Gasteiger partial charge in [-0.1, -0.05) is 30.3 Å². The Balaban J connectivity index is 1.67. The molecule has 0 bridgehead atoms. The van der Waals surface area contributed by atoms with Gasteiger partial charge in [0.15, 0.2) is 0 Å². The van der Waals surface area contributed by atoms with Crippen molar-refractivity contribution >= 4 is 15.9 Å². The fraction of sp³-hybridized carbons (Fsp3) is 0.611. The maximum absolute atomic E-state index is 13.0. The second-order valence-electron chi connectivity index (χ2n) is 6.98. The van der Waals surface area contributed by atoms with Crippen molar-refractivity contribution in [3.8, 4) is 0 Å². The van der Waals surface area contributed by atoms with Gasteiger partial charge in [-0.2, -0.15) is 0 Å². The second-order valence-corrected chi connectivity index (χ2v) is 8.96. The van der Waals surface area contributed by atoms with Crippen LogP contribution in [0.15, 0.2) is 30.3 Å². The summed E-state index contributed by atoms with van der Waals surface area (Å²) in [5, 5.41) is 0. The summed E-state index contributed by atoms with van der Waals surface area (Å²) in [7, 11) is -3.22. The average Bonchev–Trinajstić information content (AvgIpc) is 3.02. The molecule has 0 saturated carbocycles. The Bertz CT molecular complexity index is 675. The lowest BCUT2D eigenvalue weighted by atomic mass is 9.96. The minimum atomic E-state index is -3.22. The van der Waals surface area contributed by atoms with Crippen LogP contribution < -0.4 is 0 Å². The second kappa shape index (κ2) is 7.23. The Morgan fingerprint density at radius 1 is 1.12 bits per heavy atom. The first-order chi connectivity index (χ1) is 11.4.